The van der Waals surface area contributed by atoms with Crippen LogP contribution in [-0.4, -0.2) is 25.7 Å². The molecule has 0 rings (SSSR count). The summed E-state index contributed by atoms with van der Waals surface area (Å²) in [6, 6.07) is -0.138. The van der Waals surface area contributed by atoms with Crippen molar-refractivity contribution in [3.63, 3.8) is 0 Å². The van der Waals surface area contributed by atoms with Crippen LogP contribution >= 0.6 is 0 Å². The van der Waals surface area contributed by atoms with Gasteiger partial charge in [0.05, 0.1) is 6.61 Å². The zero-order chi connectivity index (χ0) is 11.5. The van der Waals surface area contributed by atoms with Gasteiger partial charge in [0.25, 0.3) is 0 Å². The number of esters is 1. The number of nitrogens with one attached hydrogen (secondary N) is 1. The number of carbonyl (C=O) groups excluding carboxylic acids is 1. The second kappa shape index (κ2) is 9.97. The van der Waals surface area contributed by atoms with Gasteiger partial charge in [0.2, 0.25) is 0 Å². The van der Waals surface area contributed by atoms with Crippen LogP contribution in [0.4, 0.5) is 0 Å². The topological polar surface area (TPSA) is 38.3 Å². The number of ether oxygens (including phenoxy) is 1. The first-order chi connectivity index (χ1) is 7.26. The van der Waals surface area contributed by atoms with Crippen LogP contribution in [0.1, 0.15) is 52.4 Å². The fraction of sp³-hybridized carbons (Fsp3) is 0.917. The van der Waals surface area contributed by atoms with Crippen molar-refractivity contribution in [3.8, 4) is 0 Å². The molecule has 0 aromatic carbocycles. The van der Waals surface area contributed by atoms with E-state index in [1.807, 2.05) is 6.92 Å². The molecule has 0 amide bonds. The normalized spacial score (nSPS) is 12.5. The Hall–Kier alpha value is -0.570. The van der Waals surface area contributed by atoms with Crippen molar-refractivity contribution in [1.29, 1.82) is 0 Å². The molecule has 0 heterocycles. The van der Waals surface area contributed by atoms with E-state index in [0.29, 0.717) is 6.61 Å². The summed E-state index contributed by atoms with van der Waals surface area (Å²) in [5, 5.41) is 2.94. The van der Waals surface area contributed by atoms with Gasteiger partial charge in [-0.3, -0.25) is 4.79 Å². The van der Waals surface area contributed by atoms with Crippen molar-refractivity contribution in [2.75, 3.05) is 13.7 Å². The molecule has 0 saturated heterocycles. The Balaban J connectivity index is 3.38. The molecule has 0 saturated carbocycles. The molecule has 3 heteroatoms. The molecule has 0 aliphatic rings. The van der Waals surface area contributed by atoms with Crippen molar-refractivity contribution >= 4 is 5.97 Å². The second-order valence-corrected chi connectivity index (χ2v) is 3.83. The summed E-state index contributed by atoms with van der Waals surface area (Å²) >= 11 is 0. The van der Waals surface area contributed by atoms with Crippen LogP contribution in [0.2, 0.25) is 0 Å². The SMILES string of the molecule is CCCCCCCOC(=O)C(CC)NC. The van der Waals surface area contributed by atoms with Crippen molar-refractivity contribution in [3.05, 3.63) is 0 Å². The molecular formula is C12H25NO2. The maximum Gasteiger partial charge on any atom is 0.323 e. The molecule has 0 aliphatic carbocycles. The van der Waals surface area contributed by atoms with Crippen molar-refractivity contribution in [1.82, 2.24) is 5.32 Å². The fourth-order valence-corrected chi connectivity index (χ4v) is 1.47. The molecule has 90 valence electrons. The minimum Gasteiger partial charge on any atom is -0.465 e. The fourth-order valence-electron chi connectivity index (χ4n) is 1.47. The van der Waals surface area contributed by atoms with E-state index in [1.54, 1.807) is 7.05 Å². The predicted molar refractivity (Wildman–Crippen MR) is 62.9 cm³/mol. The van der Waals surface area contributed by atoms with Crippen LogP contribution in [0, 0.1) is 0 Å². The number of rotatable bonds is 9. The Morgan fingerprint density at radius 2 is 1.87 bits per heavy atom. The van der Waals surface area contributed by atoms with E-state index in [-0.39, 0.29) is 12.0 Å². The Morgan fingerprint density at radius 1 is 1.20 bits per heavy atom. The summed E-state index contributed by atoms with van der Waals surface area (Å²) in [6.45, 7) is 4.74. The van der Waals surface area contributed by atoms with E-state index >= 15 is 0 Å². The number of hydrogen-bond donors (Lipinski definition) is 1. The van der Waals surface area contributed by atoms with E-state index < -0.39 is 0 Å². The lowest BCUT2D eigenvalue weighted by Gasteiger charge is -2.12. The Morgan fingerprint density at radius 3 is 2.40 bits per heavy atom. The smallest absolute Gasteiger partial charge is 0.323 e. The van der Waals surface area contributed by atoms with Gasteiger partial charge in [-0.25, -0.2) is 0 Å². The first-order valence-corrected chi connectivity index (χ1v) is 6.10. The van der Waals surface area contributed by atoms with Gasteiger partial charge in [-0.15, -0.1) is 0 Å². The highest BCUT2D eigenvalue weighted by Gasteiger charge is 2.14. The Bertz CT molecular complexity index is 156. The van der Waals surface area contributed by atoms with Crippen LogP contribution in [0.5, 0.6) is 0 Å². The lowest BCUT2D eigenvalue weighted by atomic mass is 10.2. The van der Waals surface area contributed by atoms with Crippen molar-refractivity contribution in [2.45, 2.75) is 58.4 Å². The molecule has 1 atom stereocenters. The van der Waals surface area contributed by atoms with E-state index in [2.05, 4.69) is 12.2 Å². The van der Waals surface area contributed by atoms with Gasteiger partial charge in [0.15, 0.2) is 0 Å². The number of likely N-dealkylation sites (N-methyl/N-ethyl adjacent to an activating group) is 1. The van der Waals surface area contributed by atoms with Gasteiger partial charge >= 0.3 is 5.97 Å². The molecule has 0 bridgehead atoms. The lowest BCUT2D eigenvalue weighted by Crippen LogP contribution is -2.34. The van der Waals surface area contributed by atoms with Gasteiger partial charge in [0.1, 0.15) is 6.04 Å². The van der Waals surface area contributed by atoms with Crippen LogP contribution in [-0.2, 0) is 9.53 Å². The van der Waals surface area contributed by atoms with Crippen molar-refractivity contribution < 1.29 is 9.53 Å². The number of hydrogen-bond acceptors (Lipinski definition) is 3. The molecular weight excluding hydrogens is 190 g/mol. The van der Waals surface area contributed by atoms with E-state index in [0.717, 1.165) is 19.3 Å². The monoisotopic (exact) mass is 215 g/mol. The summed E-state index contributed by atoms with van der Waals surface area (Å²) in [5.41, 5.74) is 0. The lowest BCUT2D eigenvalue weighted by molar-refractivity contribution is -0.146. The molecule has 15 heavy (non-hydrogen) atoms. The highest BCUT2D eigenvalue weighted by atomic mass is 16.5. The summed E-state index contributed by atoms with van der Waals surface area (Å²) in [7, 11) is 1.79. The van der Waals surface area contributed by atoms with Gasteiger partial charge < -0.3 is 10.1 Å². The predicted octanol–water partition coefficient (Wildman–Crippen LogP) is 2.50. The van der Waals surface area contributed by atoms with E-state index in [9.17, 15) is 4.79 Å². The van der Waals surface area contributed by atoms with Gasteiger partial charge in [-0.2, -0.15) is 0 Å². The number of carbonyl (C=O) groups is 1. The van der Waals surface area contributed by atoms with Crippen LogP contribution in [0.25, 0.3) is 0 Å². The minimum atomic E-state index is -0.138. The van der Waals surface area contributed by atoms with Crippen molar-refractivity contribution in [2.24, 2.45) is 0 Å². The molecule has 3 nitrogen and oxygen atoms in total. The summed E-state index contributed by atoms with van der Waals surface area (Å²) in [5.74, 6) is -0.115. The average molecular weight is 215 g/mol. The molecule has 1 N–H and O–H groups in total. The third-order valence-corrected chi connectivity index (χ3v) is 2.53. The third-order valence-electron chi connectivity index (χ3n) is 2.53. The Labute approximate surface area is 93.6 Å². The van der Waals surface area contributed by atoms with Gasteiger partial charge in [0, 0.05) is 0 Å². The quantitative estimate of drug-likeness (QED) is 0.474. The molecule has 0 fully saturated rings. The molecule has 0 radical (unpaired) electrons. The Kier molecular flexibility index (Phi) is 9.59. The molecule has 0 aromatic rings. The van der Waals surface area contributed by atoms with Crippen LogP contribution in [0.15, 0.2) is 0 Å². The zero-order valence-electron chi connectivity index (χ0n) is 10.3. The highest BCUT2D eigenvalue weighted by molar-refractivity contribution is 5.75. The number of unbranched alkanes of at least 4 members (excludes halogenated alkanes) is 4. The van der Waals surface area contributed by atoms with Gasteiger partial charge in [-0.05, 0) is 19.9 Å². The van der Waals surface area contributed by atoms with Crippen LogP contribution in [0.3, 0.4) is 0 Å². The molecule has 0 aromatic heterocycles. The standard InChI is InChI=1S/C12H25NO2/c1-4-6-7-8-9-10-15-12(14)11(5-2)13-3/h11,13H,4-10H2,1-3H3. The molecule has 0 aliphatic heterocycles. The highest BCUT2D eigenvalue weighted by Crippen LogP contribution is 2.03. The van der Waals surface area contributed by atoms with Crippen LogP contribution < -0.4 is 5.32 Å². The first kappa shape index (κ1) is 14.4. The first-order valence-electron chi connectivity index (χ1n) is 6.10. The summed E-state index contributed by atoms with van der Waals surface area (Å²) < 4.78 is 5.16. The van der Waals surface area contributed by atoms with Gasteiger partial charge in [-0.1, -0.05) is 39.5 Å². The van der Waals surface area contributed by atoms with E-state index in [1.165, 1.54) is 19.3 Å². The zero-order valence-corrected chi connectivity index (χ0v) is 10.3. The maximum atomic E-state index is 11.4. The second-order valence-electron chi connectivity index (χ2n) is 3.83. The average Bonchev–Trinajstić information content (AvgIpc) is 2.25. The maximum absolute atomic E-state index is 11.4. The third kappa shape index (κ3) is 7.37. The minimum absolute atomic E-state index is 0.115. The van der Waals surface area contributed by atoms with E-state index in [4.69, 9.17) is 4.74 Å². The molecule has 0 spiro atoms. The summed E-state index contributed by atoms with van der Waals surface area (Å²) in [4.78, 5) is 11.4. The molecule has 1 unspecified atom stereocenters. The largest absolute Gasteiger partial charge is 0.465 e. The summed E-state index contributed by atoms with van der Waals surface area (Å²) in [6.07, 6.45) is 6.71.